The monoisotopic (exact) mass is 189 g/mol. The minimum absolute atomic E-state index is 0.125. The minimum Gasteiger partial charge on any atom is -0.294 e. The normalized spacial score (nSPS) is 9.21. The SMILES string of the molecule is CCC(=O)c1ccc(CN=[N+]=[N-])cc1. The molecule has 0 bridgehead atoms. The maximum Gasteiger partial charge on any atom is 0.162 e. The van der Waals surface area contributed by atoms with Crippen molar-refractivity contribution < 1.29 is 4.79 Å². The molecule has 0 heterocycles. The molecule has 0 aliphatic heterocycles. The van der Waals surface area contributed by atoms with Crippen LogP contribution in [-0.2, 0) is 6.54 Å². The summed E-state index contributed by atoms with van der Waals surface area (Å²) in [5, 5.41) is 3.43. The summed E-state index contributed by atoms with van der Waals surface area (Å²) in [7, 11) is 0. The number of ketones is 1. The van der Waals surface area contributed by atoms with Crippen molar-refractivity contribution in [1.29, 1.82) is 0 Å². The number of nitrogens with zero attached hydrogens (tertiary/aromatic N) is 3. The zero-order valence-electron chi connectivity index (χ0n) is 7.97. The van der Waals surface area contributed by atoms with E-state index in [4.69, 9.17) is 5.53 Å². The minimum atomic E-state index is 0.125. The number of rotatable bonds is 4. The molecule has 14 heavy (non-hydrogen) atoms. The van der Waals surface area contributed by atoms with E-state index in [2.05, 4.69) is 10.0 Å². The second kappa shape index (κ2) is 5.04. The van der Waals surface area contributed by atoms with Gasteiger partial charge in [-0.25, -0.2) is 0 Å². The third kappa shape index (κ3) is 2.61. The van der Waals surface area contributed by atoms with Crippen LogP contribution in [0, 0.1) is 0 Å². The number of hydrogen-bond acceptors (Lipinski definition) is 2. The van der Waals surface area contributed by atoms with Crippen molar-refractivity contribution in [3.05, 3.63) is 45.8 Å². The summed E-state index contributed by atoms with van der Waals surface area (Å²) >= 11 is 0. The number of carbonyl (C=O) groups excluding carboxylic acids is 1. The van der Waals surface area contributed by atoms with Crippen molar-refractivity contribution in [1.82, 2.24) is 0 Å². The van der Waals surface area contributed by atoms with E-state index < -0.39 is 0 Å². The van der Waals surface area contributed by atoms with E-state index in [-0.39, 0.29) is 5.78 Å². The second-order valence-electron chi connectivity index (χ2n) is 2.86. The van der Waals surface area contributed by atoms with Crippen molar-refractivity contribution >= 4 is 5.78 Å². The lowest BCUT2D eigenvalue weighted by molar-refractivity contribution is 0.0988. The summed E-state index contributed by atoms with van der Waals surface area (Å²) in [6, 6.07) is 7.12. The van der Waals surface area contributed by atoms with E-state index in [1.54, 1.807) is 24.3 Å². The van der Waals surface area contributed by atoms with Gasteiger partial charge in [-0.1, -0.05) is 36.3 Å². The molecule has 1 aromatic rings. The quantitative estimate of drug-likeness (QED) is 0.310. The smallest absolute Gasteiger partial charge is 0.162 e. The van der Waals surface area contributed by atoms with Gasteiger partial charge in [0.25, 0.3) is 0 Å². The number of hydrogen-bond donors (Lipinski definition) is 0. The lowest BCUT2D eigenvalue weighted by Crippen LogP contribution is -1.95. The Morgan fingerprint density at radius 2 is 2.07 bits per heavy atom. The van der Waals surface area contributed by atoms with Crippen molar-refractivity contribution in [2.45, 2.75) is 19.9 Å². The van der Waals surface area contributed by atoms with Crippen LogP contribution in [0.3, 0.4) is 0 Å². The molecule has 4 heteroatoms. The van der Waals surface area contributed by atoms with Crippen LogP contribution >= 0.6 is 0 Å². The van der Waals surface area contributed by atoms with Gasteiger partial charge in [0.2, 0.25) is 0 Å². The Morgan fingerprint density at radius 1 is 1.43 bits per heavy atom. The Hall–Kier alpha value is -1.80. The van der Waals surface area contributed by atoms with Crippen molar-refractivity contribution in [2.75, 3.05) is 0 Å². The van der Waals surface area contributed by atoms with Crippen LogP contribution in [0.2, 0.25) is 0 Å². The number of benzene rings is 1. The molecule has 0 aromatic heterocycles. The largest absolute Gasteiger partial charge is 0.294 e. The molecule has 0 radical (unpaired) electrons. The fourth-order valence-electron chi connectivity index (χ4n) is 1.11. The standard InChI is InChI=1S/C10H11N3O/c1-2-10(14)9-5-3-8(4-6-9)7-12-13-11/h3-6H,2,7H2,1H3. The van der Waals surface area contributed by atoms with Gasteiger partial charge in [-0.2, -0.15) is 0 Å². The maximum absolute atomic E-state index is 11.3. The summed E-state index contributed by atoms with van der Waals surface area (Å²) in [5.74, 6) is 0.125. The fourth-order valence-corrected chi connectivity index (χ4v) is 1.11. The van der Waals surface area contributed by atoms with Crippen LogP contribution in [0.5, 0.6) is 0 Å². The molecular weight excluding hydrogens is 178 g/mol. The van der Waals surface area contributed by atoms with Crippen LogP contribution in [0.4, 0.5) is 0 Å². The van der Waals surface area contributed by atoms with E-state index in [1.807, 2.05) is 6.92 Å². The van der Waals surface area contributed by atoms with Gasteiger partial charge in [-0.05, 0) is 11.1 Å². The molecule has 0 atom stereocenters. The molecule has 0 amide bonds. The average molecular weight is 189 g/mol. The summed E-state index contributed by atoms with van der Waals surface area (Å²) in [4.78, 5) is 13.9. The highest BCUT2D eigenvalue weighted by atomic mass is 16.1. The van der Waals surface area contributed by atoms with Gasteiger partial charge in [0.05, 0.1) is 6.54 Å². The average Bonchev–Trinajstić information content (AvgIpc) is 2.26. The van der Waals surface area contributed by atoms with E-state index in [0.29, 0.717) is 18.5 Å². The van der Waals surface area contributed by atoms with E-state index >= 15 is 0 Å². The molecule has 0 unspecified atom stereocenters. The second-order valence-corrected chi connectivity index (χ2v) is 2.86. The van der Waals surface area contributed by atoms with Gasteiger partial charge in [0, 0.05) is 16.9 Å². The number of Topliss-reactive ketones (excluding diaryl/α,β-unsaturated/α-hetero) is 1. The first-order valence-electron chi connectivity index (χ1n) is 4.41. The molecular formula is C10H11N3O. The Bertz CT molecular complexity index is 363. The molecule has 0 spiro atoms. The van der Waals surface area contributed by atoms with Crippen LogP contribution in [0.25, 0.3) is 10.4 Å². The topological polar surface area (TPSA) is 65.8 Å². The first-order chi connectivity index (χ1) is 6.77. The van der Waals surface area contributed by atoms with Gasteiger partial charge in [0.15, 0.2) is 5.78 Å². The lowest BCUT2D eigenvalue weighted by Gasteiger charge is -1.99. The van der Waals surface area contributed by atoms with E-state index in [0.717, 1.165) is 5.56 Å². The van der Waals surface area contributed by atoms with Gasteiger partial charge < -0.3 is 0 Å². The van der Waals surface area contributed by atoms with Crippen LogP contribution < -0.4 is 0 Å². The molecule has 72 valence electrons. The van der Waals surface area contributed by atoms with Gasteiger partial charge >= 0.3 is 0 Å². The van der Waals surface area contributed by atoms with Gasteiger partial charge in [-0.15, -0.1) is 0 Å². The lowest BCUT2D eigenvalue weighted by atomic mass is 10.1. The van der Waals surface area contributed by atoms with Crippen molar-refractivity contribution in [3.63, 3.8) is 0 Å². The Kier molecular flexibility index (Phi) is 3.70. The molecule has 0 N–H and O–H groups in total. The Labute approximate surface area is 82.2 Å². The number of azide groups is 1. The maximum atomic E-state index is 11.3. The molecule has 0 saturated heterocycles. The summed E-state index contributed by atoms with van der Waals surface area (Å²) in [6.07, 6.45) is 0.510. The van der Waals surface area contributed by atoms with E-state index in [1.165, 1.54) is 0 Å². The third-order valence-electron chi connectivity index (χ3n) is 1.91. The molecule has 4 nitrogen and oxygen atoms in total. The zero-order valence-corrected chi connectivity index (χ0v) is 7.97. The van der Waals surface area contributed by atoms with Gasteiger partial charge in [-0.3, -0.25) is 4.79 Å². The third-order valence-corrected chi connectivity index (χ3v) is 1.91. The van der Waals surface area contributed by atoms with Crippen LogP contribution in [0.15, 0.2) is 29.4 Å². The highest BCUT2D eigenvalue weighted by Crippen LogP contribution is 2.07. The Morgan fingerprint density at radius 3 is 2.57 bits per heavy atom. The highest BCUT2D eigenvalue weighted by Gasteiger charge is 2.01. The predicted octanol–water partition coefficient (Wildman–Crippen LogP) is 3.09. The summed E-state index contributed by atoms with van der Waals surface area (Å²) < 4.78 is 0. The highest BCUT2D eigenvalue weighted by molar-refractivity contribution is 5.95. The van der Waals surface area contributed by atoms with E-state index in [9.17, 15) is 4.79 Å². The molecule has 0 aliphatic carbocycles. The number of carbonyl (C=O) groups is 1. The predicted molar refractivity (Wildman–Crippen MR) is 53.9 cm³/mol. The molecule has 1 aromatic carbocycles. The first-order valence-corrected chi connectivity index (χ1v) is 4.41. The molecule has 1 rings (SSSR count). The molecule has 0 aliphatic rings. The van der Waals surface area contributed by atoms with Gasteiger partial charge in [0.1, 0.15) is 0 Å². The summed E-state index contributed by atoms with van der Waals surface area (Å²) in [6.45, 7) is 2.16. The first kappa shape index (κ1) is 10.3. The summed E-state index contributed by atoms with van der Waals surface area (Å²) in [5.41, 5.74) is 9.73. The van der Waals surface area contributed by atoms with Crippen LogP contribution in [0.1, 0.15) is 29.3 Å². The van der Waals surface area contributed by atoms with Crippen LogP contribution in [-0.4, -0.2) is 5.78 Å². The van der Waals surface area contributed by atoms with Crippen molar-refractivity contribution in [3.8, 4) is 0 Å². The Balaban J connectivity index is 2.78. The van der Waals surface area contributed by atoms with Crippen molar-refractivity contribution in [2.24, 2.45) is 5.11 Å². The molecule has 0 fully saturated rings. The molecule has 0 saturated carbocycles. The fraction of sp³-hybridized carbons (Fsp3) is 0.300. The zero-order chi connectivity index (χ0) is 10.4.